The molecule has 0 radical (unpaired) electrons. The lowest BCUT2D eigenvalue weighted by Gasteiger charge is -2.08. The number of methoxy groups -OCH3 is 2. The lowest BCUT2D eigenvalue weighted by molar-refractivity contribution is 0.0946. The van der Waals surface area contributed by atoms with Crippen molar-refractivity contribution in [2.75, 3.05) is 14.2 Å². The van der Waals surface area contributed by atoms with E-state index in [9.17, 15) is 18.4 Å². The van der Waals surface area contributed by atoms with Crippen LogP contribution >= 0.6 is 22.7 Å². The average molecular weight is 745 g/mol. The third kappa shape index (κ3) is 7.44. The summed E-state index contributed by atoms with van der Waals surface area (Å²) in [5.41, 5.74) is 7.22. The molecule has 14 heteroatoms. The molecule has 1 aliphatic carbocycles. The predicted octanol–water partition coefficient (Wildman–Crippen LogP) is 7.96. The van der Waals surface area contributed by atoms with E-state index < -0.39 is 11.6 Å². The fraction of sp³-hybridized carbons (Fsp3) is 0.316. The molecule has 4 aromatic heterocycles. The van der Waals surface area contributed by atoms with Crippen LogP contribution in [0.4, 0.5) is 8.78 Å². The number of benzene rings is 2. The minimum absolute atomic E-state index is 0.145. The molecule has 6 aromatic rings. The zero-order chi connectivity index (χ0) is 37.3. The van der Waals surface area contributed by atoms with Crippen molar-refractivity contribution >= 4 is 54.9 Å². The van der Waals surface area contributed by atoms with Gasteiger partial charge in [-0.15, -0.1) is 32.9 Å². The molecule has 4 heterocycles. The number of hydrogen-bond acceptors (Lipinski definition) is 10. The van der Waals surface area contributed by atoms with Gasteiger partial charge in [0.2, 0.25) is 0 Å². The molecule has 10 nitrogen and oxygen atoms in total. The van der Waals surface area contributed by atoms with Crippen LogP contribution in [0.1, 0.15) is 82.9 Å². The quantitative estimate of drug-likeness (QED) is 0.153. The van der Waals surface area contributed by atoms with Gasteiger partial charge in [-0.1, -0.05) is 12.1 Å². The topological polar surface area (TPSA) is 128 Å². The van der Waals surface area contributed by atoms with Crippen molar-refractivity contribution in [2.24, 2.45) is 0 Å². The molecule has 0 bridgehead atoms. The molecule has 0 saturated heterocycles. The van der Waals surface area contributed by atoms with Gasteiger partial charge < -0.3 is 20.1 Å². The third-order valence-corrected chi connectivity index (χ3v) is 11.5. The zero-order valence-electron chi connectivity index (χ0n) is 29.9. The second kappa shape index (κ2) is 15.3. The van der Waals surface area contributed by atoms with Gasteiger partial charge in [-0.3, -0.25) is 9.59 Å². The summed E-state index contributed by atoms with van der Waals surface area (Å²) in [4.78, 5) is 28.3. The SMILES string of the molecule is COc1ccc(CNC(=O)c2sc3nnc(C)c(C)c3c2C)cc1F.COc1ccc(CNC(=O)c2sc3nnc(C)c(C)c3c2C2CC2)cc1F. The van der Waals surface area contributed by atoms with E-state index in [1.54, 1.807) is 24.3 Å². The van der Waals surface area contributed by atoms with Gasteiger partial charge in [0.15, 0.2) is 23.1 Å². The van der Waals surface area contributed by atoms with E-state index in [4.69, 9.17) is 9.47 Å². The molecule has 1 aliphatic rings. The Morgan fingerprint density at radius 1 is 0.692 bits per heavy atom. The van der Waals surface area contributed by atoms with E-state index in [2.05, 4.69) is 31.0 Å². The highest BCUT2D eigenvalue weighted by molar-refractivity contribution is 7.21. The highest BCUT2D eigenvalue weighted by atomic mass is 32.1. The number of aryl methyl sites for hydroxylation is 5. The fourth-order valence-corrected chi connectivity index (χ4v) is 8.23. The Morgan fingerprint density at radius 3 is 1.63 bits per heavy atom. The summed E-state index contributed by atoms with van der Waals surface area (Å²) in [6.45, 7) is 10.2. The van der Waals surface area contributed by atoms with E-state index in [0.717, 1.165) is 66.9 Å². The van der Waals surface area contributed by atoms with Crippen molar-refractivity contribution in [1.29, 1.82) is 0 Å². The zero-order valence-corrected chi connectivity index (χ0v) is 31.5. The summed E-state index contributed by atoms with van der Waals surface area (Å²) in [5, 5.41) is 24.6. The van der Waals surface area contributed by atoms with Gasteiger partial charge in [-0.25, -0.2) is 8.78 Å². The largest absolute Gasteiger partial charge is 0.494 e. The number of carbonyl (C=O) groups is 2. The van der Waals surface area contributed by atoms with Crippen LogP contribution in [0, 0.1) is 46.3 Å². The lowest BCUT2D eigenvalue weighted by Crippen LogP contribution is -2.22. The van der Waals surface area contributed by atoms with Gasteiger partial charge in [0.25, 0.3) is 11.8 Å². The van der Waals surface area contributed by atoms with Crippen LogP contribution < -0.4 is 20.1 Å². The van der Waals surface area contributed by atoms with Crippen molar-refractivity contribution in [2.45, 2.75) is 66.5 Å². The van der Waals surface area contributed by atoms with E-state index in [1.807, 2.05) is 34.6 Å². The summed E-state index contributed by atoms with van der Waals surface area (Å²) < 4.78 is 37.4. The number of nitrogens with zero attached hydrogens (tertiary/aromatic N) is 4. The minimum Gasteiger partial charge on any atom is -0.494 e. The van der Waals surface area contributed by atoms with Gasteiger partial charge in [0, 0.05) is 23.9 Å². The Bertz CT molecular complexity index is 2340. The second-order valence-corrected chi connectivity index (χ2v) is 14.7. The Labute approximate surface area is 307 Å². The van der Waals surface area contributed by atoms with E-state index >= 15 is 0 Å². The monoisotopic (exact) mass is 744 g/mol. The number of thiophene rings is 2. The van der Waals surface area contributed by atoms with Gasteiger partial charge in [-0.2, -0.15) is 10.2 Å². The number of amides is 2. The molecule has 0 aliphatic heterocycles. The number of aromatic nitrogens is 4. The average Bonchev–Trinajstić information content (AvgIpc) is 3.81. The van der Waals surface area contributed by atoms with E-state index in [1.165, 1.54) is 49.0 Å². The lowest BCUT2D eigenvalue weighted by atomic mass is 10.0. The first-order chi connectivity index (χ1) is 24.9. The summed E-state index contributed by atoms with van der Waals surface area (Å²) in [6, 6.07) is 9.31. The summed E-state index contributed by atoms with van der Waals surface area (Å²) in [5.74, 6) is -0.447. The van der Waals surface area contributed by atoms with E-state index in [0.29, 0.717) is 26.8 Å². The van der Waals surface area contributed by atoms with Crippen LogP contribution in [0.25, 0.3) is 20.4 Å². The normalized spacial score (nSPS) is 12.4. The first kappa shape index (κ1) is 36.7. The minimum atomic E-state index is -0.450. The highest BCUT2D eigenvalue weighted by Gasteiger charge is 2.33. The third-order valence-electron chi connectivity index (χ3n) is 9.21. The number of halogens is 2. The van der Waals surface area contributed by atoms with Gasteiger partial charge in [0.05, 0.1) is 35.4 Å². The number of hydrogen-bond donors (Lipinski definition) is 2. The molecule has 1 fully saturated rings. The van der Waals surface area contributed by atoms with Crippen LogP contribution in [0.5, 0.6) is 11.5 Å². The maximum absolute atomic E-state index is 13.8. The summed E-state index contributed by atoms with van der Waals surface area (Å²) in [6.07, 6.45) is 2.19. The Kier molecular flexibility index (Phi) is 10.8. The maximum Gasteiger partial charge on any atom is 0.262 e. The molecule has 0 atom stereocenters. The second-order valence-electron chi connectivity index (χ2n) is 12.7. The van der Waals surface area contributed by atoms with Crippen LogP contribution in [0.3, 0.4) is 0 Å². The van der Waals surface area contributed by atoms with Crippen molar-refractivity contribution in [3.63, 3.8) is 0 Å². The standard InChI is InChI=1S/C20H20FN3O2S.C18H18FN3O2S/c1-10-11(2)23-24-20-16(10)17(13-5-6-13)18(27-20)19(25)22-9-12-4-7-15(26-3)14(21)8-12;1-9-11(3)21-22-18-15(9)10(2)16(25-18)17(23)20-8-12-5-6-14(24-4)13(19)7-12/h4,7-8,13H,5-6,9H2,1-3H3,(H,22,25);5-7H,8H2,1-4H3,(H,20,23). The molecule has 52 heavy (non-hydrogen) atoms. The van der Waals surface area contributed by atoms with Crippen LogP contribution in [0.2, 0.25) is 0 Å². The van der Waals surface area contributed by atoms with Gasteiger partial charge >= 0.3 is 0 Å². The van der Waals surface area contributed by atoms with Gasteiger partial charge in [0.1, 0.15) is 9.66 Å². The molecule has 0 unspecified atom stereocenters. The first-order valence-corrected chi connectivity index (χ1v) is 18.3. The molecular weight excluding hydrogens is 707 g/mol. The van der Waals surface area contributed by atoms with Crippen molar-refractivity contribution in [1.82, 2.24) is 31.0 Å². The number of fused-ring (bicyclic) bond motifs is 2. The molecular formula is C38H38F2N6O4S2. The molecule has 0 spiro atoms. The molecule has 270 valence electrons. The Morgan fingerprint density at radius 2 is 1.15 bits per heavy atom. The predicted molar refractivity (Wildman–Crippen MR) is 199 cm³/mol. The summed E-state index contributed by atoms with van der Waals surface area (Å²) in [7, 11) is 2.84. The van der Waals surface area contributed by atoms with E-state index in [-0.39, 0.29) is 36.4 Å². The number of nitrogens with one attached hydrogen (secondary N) is 2. The Balaban J connectivity index is 0.000000179. The van der Waals surface area contributed by atoms with Crippen LogP contribution in [-0.2, 0) is 13.1 Å². The van der Waals surface area contributed by atoms with Gasteiger partial charge in [-0.05, 0) is 111 Å². The molecule has 2 aromatic carbocycles. The Hall–Kier alpha value is -5.08. The summed E-state index contributed by atoms with van der Waals surface area (Å²) >= 11 is 2.71. The van der Waals surface area contributed by atoms with Crippen molar-refractivity contribution < 1.29 is 27.8 Å². The van der Waals surface area contributed by atoms with Crippen LogP contribution in [0.15, 0.2) is 36.4 Å². The number of carbonyl (C=O) groups excluding carboxylic acids is 2. The van der Waals surface area contributed by atoms with Crippen molar-refractivity contribution in [3.05, 3.63) is 103 Å². The van der Waals surface area contributed by atoms with Crippen LogP contribution in [-0.4, -0.2) is 46.4 Å². The molecule has 2 N–H and O–H groups in total. The first-order valence-electron chi connectivity index (χ1n) is 16.6. The van der Waals surface area contributed by atoms with Crippen molar-refractivity contribution in [3.8, 4) is 11.5 Å². The number of ether oxygens (including phenoxy) is 2. The number of rotatable bonds is 9. The smallest absolute Gasteiger partial charge is 0.262 e. The molecule has 2 amide bonds. The molecule has 1 saturated carbocycles. The maximum atomic E-state index is 13.8. The highest BCUT2D eigenvalue weighted by Crippen LogP contribution is 2.48. The molecule has 7 rings (SSSR count). The fourth-order valence-electron chi connectivity index (χ4n) is 5.94.